The van der Waals surface area contributed by atoms with Gasteiger partial charge in [-0.3, -0.25) is 4.79 Å². The number of nitrogens with zero attached hydrogens (tertiary/aromatic N) is 2. The summed E-state index contributed by atoms with van der Waals surface area (Å²) in [6.45, 7) is 3.93. The van der Waals surface area contributed by atoms with Gasteiger partial charge < -0.3 is 10.1 Å². The molecule has 3 aromatic rings. The Balaban J connectivity index is 1.62. The Labute approximate surface area is 160 Å². The first-order valence-electron chi connectivity index (χ1n) is 8.07. The van der Waals surface area contributed by atoms with E-state index in [-0.39, 0.29) is 11.0 Å². The summed E-state index contributed by atoms with van der Waals surface area (Å²) < 4.78 is 5.88. The second-order valence-electron chi connectivity index (χ2n) is 5.72. The zero-order chi connectivity index (χ0) is 18.5. The van der Waals surface area contributed by atoms with E-state index in [2.05, 4.69) is 15.5 Å². The fourth-order valence-corrected chi connectivity index (χ4v) is 4.26. The third kappa shape index (κ3) is 4.62. The molecule has 3 rings (SSSR count). The van der Waals surface area contributed by atoms with Crippen molar-refractivity contribution in [1.29, 1.82) is 0 Å². The second kappa shape index (κ2) is 8.33. The van der Waals surface area contributed by atoms with Crippen LogP contribution >= 0.6 is 23.1 Å². The van der Waals surface area contributed by atoms with Gasteiger partial charge in [-0.15, -0.1) is 10.2 Å². The first-order valence-corrected chi connectivity index (χ1v) is 9.77. The fourth-order valence-electron chi connectivity index (χ4n) is 2.26. The summed E-state index contributed by atoms with van der Waals surface area (Å²) in [6, 6.07) is 15.2. The minimum absolute atomic E-state index is 0.0564. The minimum Gasteiger partial charge on any atom is -0.497 e. The number of thioether (sulfide) groups is 1. The first-order chi connectivity index (χ1) is 12.5. The number of hydrogen-bond acceptors (Lipinski definition) is 7. The molecule has 2 aromatic carbocycles. The molecule has 1 atom stereocenters. The molecule has 0 saturated carbocycles. The lowest BCUT2D eigenvalue weighted by Gasteiger charge is -2.08. The van der Waals surface area contributed by atoms with E-state index in [1.54, 1.807) is 31.4 Å². The molecule has 0 bridgehead atoms. The van der Waals surface area contributed by atoms with Crippen LogP contribution < -0.4 is 10.1 Å². The van der Waals surface area contributed by atoms with Gasteiger partial charge in [-0.1, -0.05) is 40.8 Å². The van der Waals surface area contributed by atoms with Gasteiger partial charge in [-0.25, -0.2) is 0 Å². The number of benzene rings is 2. The Bertz CT molecular complexity index is 877. The van der Waals surface area contributed by atoms with Crippen molar-refractivity contribution in [1.82, 2.24) is 10.2 Å². The molecule has 134 valence electrons. The Hall–Kier alpha value is -2.38. The maximum Gasteiger partial charge on any atom is 0.210 e. The molecular weight excluding hydrogens is 366 g/mol. The standard InChI is InChI=1S/C19H19N3O2S2/c1-12-4-8-15(9-5-12)20-18-21-22-19(26-18)25-13(2)17(23)14-6-10-16(24-3)11-7-14/h4-11,13H,1-3H3,(H,20,21)/t13-/m1/s1. The normalized spacial score (nSPS) is 11.8. The van der Waals surface area contributed by atoms with Gasteiger partial charge in [-0.2, -0.15) is 0 Å². The van der Waals surface area contributed by atoms with Crippen LogP contribution in [-0.2, 0) is 0 Å². The zero-order valence-electron chi connectivity index (χ0n) is 14.7. The summed E-state index contributed by atoms with van der Waals surface area (Å²) >= 11 is 2.85. The molecule has 0 aliphatic rings. The number of ketones is 1. The number of methoxy groups -OCH3 is 1. The van der Waals surface area contributed by atoms with Crippen molar-refractivity contribution < 1.29 is 9.53 Å². The number of aryl methyl sites for hydroxylation is 1. The smallest absolute Gasteiger partial charge is 0.210 e. The van der Waals surface area contributed by atoms with Crippen molar-refractivity contribution in [3.8, 4) is 5.75 Å². The summed E-state index contributed by atoms with van der Waals surface area (Å²) in [6.07, 6.45) is 0. The monoisotopic (exact) mass is 385 g/mol. The highest BCUT2D eigenvalue weighted by atomic mass is 32.2. The van der Waals surface area contributed by atoms with Crippen molar-refractivity contribution in [3.05, 3.63) is 59.7 Å². The van der Waals surface area contributed by atoms with E-state index in [0.29, 0.717) is 10.7 Å². The summed E-state index contributed by atoms with van der Waals surface area (Å²) in [5.41, 5.74) is 2.83. The van der Waals surface area contributed by atoms with Gasteiger partial charge in [0.05, 0.1) is 12.4 Å². The molecule has 0 amide bonds. The van der Waals surface area contributed by atoms with Crippen LogP contribution in [0.25, 0.3) is 0 Å². The number of carbonyl (C=O) groups is 1. The third-order valence-corrected chi connectivity index (χ3v) is 5.75. The number of carbonyl (C=O) groups excluding carboxylic acids is 1. The van der Waals surface area contributed by atoms with Crippen molar-refractivity contribution in [2.24, 2.45) is 0 Å². The topological polar surface area (TPSA) is 64.1 Å². The number of nitrogens with one attached hydrogen (secondary N) is 1. The quantitative estimate of drug-likeness (QED) is 0.458. The van der Waals surface area contributed by atoms with Gasteiger partial charge in [-0.05, 0) is 50.2 Å². The molecule has 26 heavy (non-hydrogen) atoms. The Morgan fingerprint density at radius 1 is 1.12 bits per heavy atom. The van der Waals surface area contributed by atoms with E-state index >= 15 is 0 Å². The zero-order valence-corrected chi connectivity index (χ0v) is 16.4. The molecule has 1 heterocycles. The molecule has 1 aromatic heterocycles. The highest BCUT2D eigenvalue weighted by Gasteiger charge is 2.19. The van der Waals surface area contributed by atoms with Crippen molar-refractivity contribution >= 4 is 39.7 Å². The SMILES string of the molecule is COc1ccc(C(=O)[C@@H](C)Sc2nnc(Nc3ccc(C)cc3)s2)cc1. The lowest BCUT2D eigenvalue weighted by Crippen LogP contribution is -2.13. The molecule has 0 fully saturated rings. The molecular formula is C19H19N3O2S2. The van der Waals surface area contributed by atoms with Crippen LogP contribution in [-0.4, -0.2) is 28.3 Å². The molecule has 0 unspecified atom stereocenters. The fraction of sp³-hybridized carbons (Fsp3) is 0.211. The lowest BCUT2D eigenvalue weighted by molar-refractivity contribution is 0.0994. The predicted molar refractivity (Wildman–Crippen MR) is 107 cm³/mol. The van der Waals surface area contributed by atoms with E-state index in [1.165, 1.54) is 28.7 Å². The maximum atomic E-state index is 12.6. The molecule has 7 heteroatoms. The Morgan fingerprint density at radius 2 is 1.81 bits per heavy atom. The van der Waals surface area contributed by atoms with Crippen molar-refractivity contribution in [3.63, 3.8) is 0 Å². The van der Waals surface area contributed by atoms with Gasteiger partial charge in [0.25, 0.3) is 0 Å². The maximum absolute atomic E-state index is 12.6. The summed E-state index contributed by atoms with van der Waals surface area (Å²) in [5, 5.41) is 12.0. The van der Waals surface area contributed by atoms with Gasteiger partial charge >= 0.3 is 0 Å². The molecule has 0 saturated heterocycles. The number of aromatic nitrogens is 2. The van der Waals surface area contributed by atoms with Crippen LogP contribution in [0, 0.1) is 6.92 Å². The van der Waals surface area contributed by atoms with Crippen LogP contribution in [0.4, 0.5) is 10.8 Å². The number of rotatable bonds is 7. The Morgan fingerprint density at radius 3 is 2.46 bits per heavy atom. The molecule has 1 N–H and O–H groups in total. The van der Waals surface area contributed by atoms with Gasteiger partial charge in [0.1, 0.15) is 5.75 Å². The lowest BCUT2D eigenvalue weighted by atomic mass is 10.1. The second-order valence-corrected chi connectivity index (χ2v) is 8.28. The molecule has 0 spiro atoms. The minimum atomic E-state index is -0.247. The Kier molecular flexibility index (Phi) is 5.90. The third-order valence-electron chi connectivity index (χ3n) is 3.73. The van der Waals surface area contributed by atoms with Crippen LogP contribution in [0.5, 0.6) is 5.75 Å². The molecule has 0 aliphatic carbocycles. The van der Waals surface area contributed by atoms with Gasteiger partial charge in [0.2, 0.25) is 5.13 Å². The summed E-state index contributed by atoms with van der Waals surface area (Å²) in [7, 11) is 1.60. The predicted octanol–water partition coefficient (Wildman–Crippen LogP) is 4.96. The summed E-state index contributed by atoms with van der Waals surface area (Å²) in [4.78, 5) is 12.6. The van der Waals surface area contributed by atoms with Crippen LogP contribution in [0.1, 0.15) is 22.8 Å². The van der Waals surface area contributed by atoms with E-state index in [0.717, 1.165) is 15.8 Å². The average molecular weight is 386 g/mol. The number of hydrogen-bond donors (Lipinski definition) is 1. The summed E-state index contributed by atoms with van der Waals surface area (Å²) in [5.74, 6) is 0.790. The van der Waals surface area contributed by atoms with Gasteiger partial charge in [0, 0.05) is 11.3 Å². The molecule has 0 radical (unpaired) electrons. The van der Waals surface area contributed by atoms with Gasteiger partial charge in [0.15, 0.2) is 10.1 Å². The first kappa shape index (κ1) is 18.4. The van der Waals surface area contributed by atoms with Crippen LogP contribution in [0.3, 0.4) is 0 Å². The largest absolute Gasteiger partial charge is 0.497 e. The van der Waals surface area contributed by atoms with E-state index in [4.69, 9.17) is 4.74 Å². The molecule has 0 aliphatic heterocycles. The number of anilines is 2. The highest BCUT2D eigenvalue weighted by Crippen LogP contribution is 2.31. The van der Waals surface area contributed by atoms with E-state index in [9.17, 15) is 4.79 Å². The van der Waals surface area contributed by atoms with E-state index in [1.807, 2.05) is 38.1 Å². The highest BCUT2D eigenvalue weighted by molar-refractivity contribution is 8.02. The van der Waals surface area contributed by atoms with Crippen LogP contribution in [0.2, 0.25) is 0 Å². The number of ether oxygens (including phenoxy) is 1. The average Bonchev–Trinajstić information content (AvgIpc) is 3.10. The van der Waals surface area contributed by atoms with Crippen molar-refractivity contribution in [2.45, 2.75) is 23.4 Å². The van der Waals surface area contributed by atoms with Crippen LogP contribution in [0.15, 0.2) is 52.9 Å². The van der Waals surface area contributed by atoms with E-state index < -0.39 is 0 Å². The number of Topliss-reactive ketones (excluding diaryl/α,β-unsaturated/α-hetero) is 1. The van der Waals surface area contributed by atoms with Crippen molar-refractivity contribution in [2.75, 3.05) is 12.4 Å². The molecule has 5 nitrogen and oxygen atoms in total.